The maximum Gasteiger partial charge on any atom is 0.293 e. The van der Waals surface area contributed by atoms with E-state index in [0.717, 1.165) is 17.0 Å². The summed E-state index contributed by atoms with van der Waals surface area (Å²) in [5.74, 6) is 0.409. The first kappa shape index (κ1) is 17.1. The maximum absolute atomic E-state index is 13.3. The quantitative estimate of drug-likeness (QED) is 0.679. The molecular weight excluding hydrogens is 381 g/mol. The Labute approximate surface area is 164 Å². The number of amides is 1. The molecule has 0 atom stereocenters. The number of carbonyl (C=O) groups is 1. The number of thiophene rings is 1. The van der Waals surface area contributed by atoms with Gasteiger partial charge in [0.2, 0.25) is 5.82 Å². The van der Waals surface area contributed by atoms with Gasteiger partial charge in [-0.1, -0.05) is 11.2 Å². The molecular formula is C19H16FN5O2S. The molecule has 0 aliphatic carbocycles. The van der Waals surface area contributed by atoms with E-state index in [1.54, 1.807) is 21.7 Å². The molecule has 142 valence electrons. The molecule has 2 aliphatic heterocycles. The van der Waals surface area contributed by atoms with Gasteiger partial charge in [-0.05, 0) is 35.7 Å². The number of hydrogen-bond acceptors (Lipinski definition) is 6. The van der Waals surface area contributed by atoms with Crippen molar-refractivity contribution in [3.8, 4) is 16.4 Å². The Morgan fingerprint density at radius 2 is 2.04 bits per heavy atom. The molecule has 4 heterocycles. The molecule has 1 saturated heterocycles. The first-order chi connectivity index (χ1) is 13.7. The zero-order valence-electron chi connectivity index (χ0n) is 14.8. The van der Waals surface area contributed by atoms with E-state index in [-0.39, 0.29) is 23.5 Å². The highest BCUT2D eigenvalue weighted by molar-refractivity contribution is 7.13. The van der Waals surface area contributed by atoms with Gasteiger partial charge in [-0.2, -0.15) is 0 Å². The molecule has 0 bridgehead atoms. The van der Waals surface area contributed by atoms with Crippen LogP contribution in [0.4, 0.5) is 4.39 Å². The van der Waals surface area contributed by atoms with E-state index < -0.39 is 0 Å². The summed E-state index contributed by atoms with van der Waals surface area (Å²) in [7, 11) is 0. The number of carbonyl (C=O) groups excluding carboxylic acids is 1. The van der Waals surface area contributed by atoms with Gasteiger partial charge in [-0.25, -0.2) is 14.1 Å². The van der Waals surface area contributed by atoms with Crippen molar-refractivity contribution in [2.45, 2.75) is 6.42 Å². The highest BCUT2D eigenvalue weighted by atomic mass is 32.1. The van der Waals surface area contributed by atoms with E-state index in [1.165, 1.54) is 23.5 Å². The Bertz CT molecular complexity index is 1040. The van der Waals surface area contributed by atoms with Gasteiger partial charge in [0, 0.05) is 25.4 Å². The molecule has 0 unspecified atom stereocenters. The van der Waals surface area contributed by atoms with Crippen LogP contribution in [0.15, 0.2) is 46.9 Å². The molecule has 7 nitrogen and oxygen atoms in total. The third-order valence-electron chi connectivity index (χ3n) is 4.88. The zero-order chi connectivity index (χ0) is 19.1. The van der Waals surface area contributed by atoms with Gasteiger partial charge >= 0.3 is 0 Å². The summed E-state index contributed by atoms with van der Waals surface area (Å²) in [6, 6.07) is 9.79. The molecule has 5 rings (SSSR count). The van der Waals surface area contributed by atoms with Crippen LogP contribution in [0, 0.1) is 11.7 Å². The summed E-state index contributed by atoms with van der Waals surface area (Å²) >= 11 is 1.51. The van der Waals surface area contributed by atoms with E-state index in [1.807, 2.05) is 17.5 Å². The molecule has 1 fully saturated rings. The van der Waals surface area contributed by atoms with Gasteiger partial charge < -0.3 is 9.74 Å². The minimum atomic E-state index is -0.330. The lowest BCUT2D eigenvalue weighted by Crippen LogP contribution is -2.53. The minimum absolute atomic E-state index is 0.135. The largest absolute Gasteiger partial charge is 0.395 e. The summed E-state index contributed by atoms with van der Waals surface area (Å²) in [6.45, 7) is 1.81. The van der Waals surface area contributed by atoms with Crippen LogP contribution in [0.25, 0.3) is 16.4 Å². The third kappa shape index (κ3) is 2.97. The normalized spacial score (nSPS) is 16.6. The highest BCUT2D eigenvalue weighted by Gasteiger charge is 2.37. The highest BCUT2D eigenvalue weighted by Crippen LogP contribution is 2.27. The molecule has 28 heavy (non-hydrogen) atoms. The lowest BCUT2D eigenvalue weighted by molar-refractivity contribution is 0.0575. The molecule has 1 aromatic carbocycles. The SMILES string of the molecule is O=C(c1nc(-c2cccs2)n(-c2ccc(F)cc2)n1)N1CC(C2=NOCC2)C1. The van der Waals surface area contributed by atoms with E-state index in [0.29, 0.717) is 31.2 Å². The Kier molecular flexibility index (Phi) is 4.16. The molecule has 3 aromatic rings. The lowest BCUT2D eigenvalue weighted by atomic mass is 9.93. The number of hydrogen-bond donors (Lipinski definition) is 0. The Morgan fingerprint density at radius 1 is 1.21 bits per heavy atom. The predicted octanol–water partition coefficient (Wildman–Crippen LogP) is 2.98. The second-order valence-corrected chi connectivity index (χ2v) is 7.65. The summed E-state index contributed by atoms with van der Waals surface area (Å²) in [5.41, 5.74) is 1.67. The maximum atomic E-state index is 13.3. The van der Waals surface area contributed by atoms with Crippen LogP contribution in [0.5, 0.6) is 0 Å². The fraction of sp³-hybridized carbons (Fsp3) is 0.263. The van der Waals surface area contributed by atoms with Crippen molar-refractivity contribution < 1.29 is 14.0 Å². The van der Waals surface area contributed by atoms with Crippen LogP contribution < -0.4 is 0 Å². The number of aromatic nitrogens is 3. The van der Waals surface area contributed by atoms with Gasteiger partial charge in [-0.3, -0.25) is 4.79 Å². The minimum Gasteiger partial charge on any atom is -0.395 e. The van der Waals surface area contributed by atoms with Crippen molar-refractivity contribution in [3.05, 3.63) is 53.4 Å². The second-order valence-electron chi connectivity index (χ2n) is 6.70. The summed E-state index contributed by atoms with van der Waals surface area (Å²) in [5, 5.41) is 10.4. The van der Waals surface area contributed by atoms with E-state index in [9.17, 15) is 9.18 Å². The number of oxime groups is 1. The van der Waals surface area contributed by atoms with Crippen molar-refractivity contribution in [2.75, 3.05) is 19.7 Å². The number of halogens is 1. The Morgan fingerprint density at radius 3 is 2.71 bits per heavy atom. The van der Waals surface area contributed by atoms with Crippen molar-refractivity contribution >= 4 is 23.0 Å². The Balaban J connectivity index is 1.43. The molecule has 0 N–H and O–H groups in total. The molecule has 2 aliphatic rings. The smallest absolute Gasteiger partial charge is 0.293 e. The molecule has 9 heteroatoms. The van der Waals surface area contributed by atoms with Gasteiger partial charge in [0.15, 0.2) is 5.82 Å². The van der Waals surface area contributed by atoms with Gasteiger partial charge in [0.1, 0.15) is 12.4 Å². The average Bonchev–Trinajstić information content (AvgIpc) is 3.42. The molecule has 2 aromatic heterocycles. The average molecular weight is 397 g/mol. The van der Waals surface area contributed by atoms with Crippen molar-refractivity contribution in [2.24, 2.45) is 11.1 Å². The van der Waals surface area contributed by atoms with Crippen molar-refractivity contribution in [1.29, 1.82) is 0 Å². The number of likely N-dealkylation sites (tertiary alicyclic amines) is 1. The monoisotopic (exact) mass is 397 g/mol. The topological polar surface area (TPSA) is 72.6 Å². The van der Waals surface area contributed by atoms with Crippen molar-refractivity contribution in [3.63, 3.8) is 0 Å². The molecule has 0 spiro atoms. The zero-order valence-corrected chi connectivity index (χ0v) is 15.6. The van der Waals surface area contributed by atoms with Gasteiger partial charge in [0.25, 0.3) is 5.91 Å². The predicted molar refractivity (Wildman–Crippen MR) is 102 cm³/mol. The fourth-order valence-electron chi connectivity index (χ4n) is 3.33. The first-order valence-electron chi connectivity index (χ1n) is 8.94. The second kappa shape index (κ2) is 6.83. The van der Waals surface area contributed by atoms with Crippen LogP contribution in [-0.4, -0.2) is 51.0 Å². The van der Waals surface area contributed by atoms with Crippen LogP contribution in [0.1, 0.15) is 17.0 Å². The lowest BCUT2D eigenvalue weighted by Gasteiger charge is -2.38. The number of benzene rings is 1. The van der Waals surface area contributed by atoms with Crippen LogP contribution >= 0.6 is 11.3 Å². The number of rotatable bonds is 4. The van der Waals surface area contributed by atoms with Crippen molar-refractivity contribution in [1.82, 2.24) is 19.7 Å². The molecule has 1 amide bonds. The van der Waals surface area contributed by atoms with Gasteiger partial charge in [-0.15, -0.1) is 16.4 Å². The van der Waals surface area contributed by atoms with E-state index >= 15 is 0 Å². The standard InChI is InChI=1S/C19H16FN5O2S/c20-13-3-5-14(6-4-13)25-18(16-2-1-9-28-16)21-17(22-25)19(26)24-10-12(11-24)15-7-8-27-23-15/h1-6,9,12H,7-8,10-11H2. The molecule has 0 radical (unpaired) electrons. The number of nitrogens with zero attached hydrogens (tertiary/aromatic N) is 5. The summed E-state index contributed by atoms with van der Waals surface area (Å²) < 4.78 is 14.9. The first-order valence-corrected chi connectivity index (χ1v) is 9.82. The molecule has 0 saturated carbocycles. The van der Waals surface area contributed by atoms with E-state index in [4.69, 9.17) is 4.84 Å². The Hall–Kier alpha value is -3.07. The van der Waals surface area contributed by atoms with Gasteiger partial charge in [0.05, 0.1) is 16.3 Å². The van der Waals surface area contributed by atoms with Crippen LogP contribution in [0.3, 0.4) is 0 Å². The third-order valence-corrected chi connectivity index (χ3v) is 5.75. The van der Waals surface area contributed by atoms with Crippen LogP contribution in [-0.2, 0) is 4.84 Å². The van der Waals surface area contributed by atoms with E-state index in [2.05, 4.69) is 15.2 Å². The summed E-state index contributed by atoms with van der Waals surface area (Å²) in [4.78, 5) is 25.0. The summed E-state index contributed by atoms with van der Waals surface area (Å²) in [6.07, 6.45) is 0.826. The van der Waals surface area contributed by atoms with Crippen LogP contribution in [0.2, 0.25) is 0 Å². The fourth-order valence-corrected chi connectivity index (χ4v) is 4.03.